The van der Waals surface area contributed by atoms with E-state index in [-0.39, 0.29) is 29.4 Å². The monoisotopic (exact) mass is 456 g/mol. The van der Waals surface area contributed by atoms with Crippen LogP contribution in [-0.4, -0.2) is 38.8 Å². The minimum Gasteiger partial charge on any atom is -0.495 e. The first-order chi connectivity index (χ1) is 14.5. The van der Waals surface area contributed by atoms with Crippen LogP contribution in [0.1, 0.15) is 24.0 Å². The lowest BCUT2D eigenvalue weighted by molar-refractivity contribution is -0.137. The molecule has 0 radical (unpaired) electrons. The summed E-state index contributed by atoms with van der Waals surface area (Å²) >= 11 is 0. The Balaban J connectivity index is 1.74. The predicted octanol–water partition coefficient (Wildman–Crippen LogP) is 4.06. The summed E-state index contributed by atoms with van der Waals surface area (Å²) in [5.74, 6) is -0.834. The summed E-state index contributed by atoms with van der Waals surface area (Å²) < 4.78 is 70.9. The number of anilines is 1. The maximum atomic E-state index is 13.2. The van der Waals surface area contributed by atoms with Gasteiger partial charge in [0.2, 0.25) is 15.9 Å². The highest BCUT2D eigenvalue weighted by Gasteiger charge is 2.35. The van der Waals surface area contributed by atoms with Crippen molar-refractivity contribution in [1.29, 1.82) is 0 Å². The molecule has 1 saturated heterocycles. The number of nitrogens with one attached hydrogen (secondary N) is 1. The standard InChI is InChI=1S/C21H23F3N2O4S/c1-14-5-10-18(30-2)19(12-14)31(28,29)26-11-3-4-15(13-26)20(27)25-17-8-6-16(7-9-17)21(22,23)24/h5-10,12,15H,3-4,11,13H2,1-2H3,(H,25,27)/t15-/m1/s1. The molecule has 6 nitrogen and oxygen atoms in total. The van der Waals surface area contributed by atoms with Crippen molar-refractivity contribution < 1.29 is 31.1 Å². The van der Waals surface area contributed by atoms with Crippen molar-refractivity contribution in [2.24, 2.45) is 5.92 Å². The average molecular weight is 456 g/mol. The molecule has 3 rings (SSSR count). The number of carbonyl (C=O) groups excluding carboxylic acids is 1. The van der Waals surface area contributed by atoms with E-state index in [1.54, 1.807) is 19.1 Å². The Hall–Kier alpha value is -2.59. The largest absolute Gasteiger partial charge is 0.495 e. The second-order valence-corrected chi connectivity index (χ2v) is 9.33. The van der Waals surface area contributed by atoms with E-state index >= 15 is 0 Å². The highest BCUT2D eigenvalue weighted by atomic mass is 32.2. The lowest BCUT2D eigenvalue weighted by Gasteiger charge is -2.31. The van der Waals surface area contributed by atoms with Crippen LogP contribution in [0.15, 0.2) is 47.4 Å². The number of carbonyl (C=O) groups is 1. The van der Waals surface area contributed by atoms with Gasteiger partial charge in [-0.15, -0.1) is 0 Å². The fourth-order valence-electron chi connectivity index (χ4n) is 3.49. The van der Waals surface area contributed by atoms with Crippen LogP contribution in [0.25, 0.3) is 0 Å². The Labute approximate surface area is 179 Å². The Morgan fingerprint density at radius 1 is 1.16 bits per heavy atom. The van der Waals surface area contributed by atoms with E-state index in [0.717, 1.165) is 17.7 Å². The molecule has 1 N–H and O–H groups in total. The Morgan fingerprint density at radius 3 is 2.45 bits per heavy atom. The molecule has 2 aromatic rings. The van der Waals surface area contributed by atoms with Crippen molar-refractivity contribution in [1.82, 2.24) is 4.31 Å². The highest BCUT2D eigenvalue weighted by Crippen LogP contribution is 2.32. The zero-order valence-electron chi connectivity index (χ0n) is 17.1. The van der Waals surface area contributed by atoms with Gasteiger partial charge in [-0.3, -0.25) is 4.79 Å². The minimum absolute atomic E-state index is 0.0219. The maximum absolute atomic E-state index is 13.2. The molecule has 2 aromatic carbocycles. The second kappa shape index (κ2) is 8.88. The summed E-state index contributed by atoms with van der Waals surface area (Å²) in [7, 11) is -2.50. The van der Waals surface area contributed by atoms with Crippen molar-refractivity contribution in [2.75, 3.05) is 25.5 Å². The first-order valence-corrected chi connectivity index (χ1v) is 11.1. The van der Waals surface area contributed by atoms with Crippen LogP contribution in [0.5, 0.6) is 5.75 Å². The molecule has 31 heavy (non-hydrogen) atoms. The number of benzene rings is 2. The fourth-order valence-corrected chi connectivity index (χ4v) is 5.25. The number of hydrogen-bond donors (Lipinski definition) is 1. The summed E-state index contributed by atoms with van der Waals surface area (Å²) in [6.07, 6.45) is -3.50. The zero-order valence-corrected chi connectivity index (χ0v) is 17.9. The quantitative estimate of drug-likeness (QED) is 0.736. The first kappa shape index (κ1) is 23.1. The van der Waals surface area contributed by atoms with Crippen LogP contribution in [0.2, 0.25) is 0 Å². The summed E-state index contributed by atoms with van der Waals surface area (Å²) in [6.45, 7) is 2.02. The van der Waals surface area contributed by atoms with Crippen LogP contribution >= 0.6 is 0 Å². The van der Waals surface area contributed by atoms with Crippen molar-refractivity contribution in [2.45, 2.75) is 30.8 Å². The number of halogens is 3. The predicted molar refractivity (Wildman–Crippen MR) is 109 cm³/mol. The van der Waals surface area contributed by atoms with E-state index in [2.05, 4.69) is 5.32 Å². The molecule has 0 bridgehead atoms. The van der Waals surface area contributed by atoms with Gasteiger partial charge in [0.05, 0.1) is 18.6 Å². The molecule has 0 spiro atoms. The number of aryl methyl sites for hydroxylation is 1. The average Bonchev–Trinajstić information content (AvgIpc) is 2.73. The van der Waals surface area contributed by atoms with Gasteiger partial charge in [0, 0.05) is 18.8 Å². The summed E-state index contributed by atoms with van der Waals surface area (Å²) in [4.78, 5) is 12.7. The van der Waals surface area contributed by atoms with Gasteiger partial charge >= 0.3 is 6.18 Å². The van der Waals surface area contributed by atoms with Crippen LogP contribution in [0.3, 0.4) is 0 Å². The molecular weight excluding hydrogens is 433 g/mol. The van der Waals surface area contributed by atoms with Crippen molar-refractivity contribution in [3.05, 3.63) is 53.6 Å². The SMILES string of the molecule is COc1ccc(C)cc1S(=O)(=O)N1CCC[C@@H](C(=O)Nc2ccc(C(F)(F)F)cc2)C1. The van der Waals surface area contributed by atoms with Gasteiger partial charge < -0.3 is 10.1 Å². The lowest BCUT2D eigenvalue weighted by Crippen LogP contribution is -2.43. The van der Waals surface area contributed by atoms with Gasteiger partial charge in [0.25, 0.3) is 0 Å². The van der Waals surface area contributed by atoms with Crippen molar-refractivity contribution in [3.8, 4) is 5.75 Å². The zero-order chi connectivity index (χ0) is 22.8. The number of piperidine rings is 1. The second-order valence-electron chi connectivity index (χ2n) is 7.42. The van der Waals surface area contributed by atoms with Gasteiger partial charge in [-0.2, -0.15) is 17.5 Å². The van der Waals surface area contributed by atoms with E-state index in [0.29, 0.717) is 12.8 Å². The smallest absolute Gasteiger partial charge is 0.416 e. The molecule has 1 atom stereocenters. The van der Waals surface area contributed by atoms with Crippen LogP contribution in [0.4, 0.5) is 18.9 Å². The molecule has 10 heteroatoms. The van der Waals surface area contributed by atoms with E-state index in [9.17, 15) is 26.4 Å². The van der Waals surface area contributed by atoms with Gasteiger partial charge in [-0.25, -0.2) is 8.42 Å². The third-order valence-corrected chi connectivity index (χ3v) is 7.06. The Morgan fingerprint density at radius 2 is 1.84 bits per heavy atom. The molecule has 1 aliphatic heterocycles. The lowest BCUT2D eigenvalue weighted by atomic mass is 9.98. The summed E-state index contributed by atoms with van der Waals surface area (Å²) in [5.41, 5.74) is 0.166. The van der Waals surface area contributed by atoms with Gasteiger partial charge in [-0.05, 0) is 61.7 Å². The molecule has 0 aromatic heterocycles. The third-order valence-electron chi connectivity index (χ3n) is 5.17. The fraction of sp³-hybridized carbons (Fsp3) is 0.381. The Kier molecular flexibility index (Phi) is 6.61. The van der Waals surface area contributed by atoms with E-state index in [1.807, 2.05) is 0 Å². The van der Waals surface area contributed by atoms with Crippen molar-refractivity contribution in [3.63, 3.8) is 0 Å². The van der Waals surface area contributed by atoms with Gasteiger partial charge in [0.15, 0.2) is 0 Å². The number of hydrogen-bond acceptors (Lipinski definition) is 4. The van der Waals surface area contributed by atoms with Crippen LogP contribution in [-0.2, 0) is 21.0 Å². The van der Waals surface area contributed by atoms with E-state index in [4.69, 9.17) is 4.74 Å². The number of sulfonamides is 1. The molecule has 168 valence electrons. The Bertz CT molecular complexity index is 1050. The molecule has 0 saturated carbocycles. The minimum atomic E-state index is -4.46. The topological polar surface area (TPSA) is 75.7 Å². The molecule has 1 amide bonds. The molecule has 0 unspecified atom stereocenters. The number of nitrogens with zero attached hydrogens (tertiary/aromatic N) is 1. The number of amides is 1. The number of ether oxygens (including phenoxy) is 1. The van der Waals surface area contributed by atoms with Crippen LogP contribution in [0, 0.1) is 12.8 Å². The van der Waals surface area contributed by atoms with Gasteiger partial charge in [0.1, 0.15) is 10.6 Å². The molecule has 1 aliphatic rings. The van der Waals surface area contributed by atoms with E-state index < -0.39 is 33.6 Å². The summed E-state index contributed by atoms with van der Waals surface area (Å²) in [6, 6.07) is 8.98. The molecule has 1 heterocycles. The normalized spacial score (nSPS) is 17.9. The third kappa shape index (κ3) is 5.19. The highest BCUT2D eigenvalue weighted by molar-refractivity contribution is 7.89. The summed E-state index contributed by atoms with van der Waals surface area (Å²) in [5, 5.41) is 2.58. The molecular formula is C21H23F3N2O4S. The first-order valence-electron chi connectivity index (χ1n) is 9.65. The molecule has 0 aliphatic carbocycles. The van der Waals surface area contributed by atoms with Gasteiger partial charge in [-0.1, -0.05) is 6.07 Å². The molecule has 1 fully saturated rings. The van der Waals surface area contributed by atoms with E-state index in [1.165, 1.54) is 29.6 Å². The maximum Gasteiger partial charge on any atom is 0.416 e. The van der Waals surface area contributed by atoms with Crippen molar-refractivity contribution >= 4 is 21.6 Å². The number of rotatable bonds is 5. The van der Waals surface area contributed by atoms with Crippen LogP contribution < -0.4 is 10.1 Å². The number of alkyl halides is 3. The number of methoxy groups -OCH3 is 1.